The number of hydrogen-bond acceptors (Lipinski definition) is 4. The first-order valence-electron chi connectivity index (χ1n) is 10.00. The topological polar surface area (TPSA) is 58.3 Å². The molecule has 4 rings (SSSR count). The average Bonchev–Trinajstić information content (AvgIpc) is 2.73. The van der Waals surface area contributed by atoms with E-state index in [1.165, 1.54) is 0 Å². The van der Waals surface area contributed by atoms with Crippen LogP contribution in [0.4, 0.5) is 5.69 Å². The molecule has 2 heterocycles. The lowest BCUT2D eigenvalue weighted by molar-refractivity contribution is 0.170. The van der Waals surface area contributed by atoms with Gasteiger partial charge in [0.05, 0.1) is 11.2 Å². The fourth-order valence-corrected chi connectivity index (χ4v) is 4.14. The van der Waals surface area contributed by atoms with Crippen LogP contribution in [-0.4, -0.2) is 23.8 Å². The molecule has 0 bridgehead atoms. The maximum absolute atomic E-state index is 12.8. The number of ether oxygens (including phenoxy) is 1. The summed E-state index contributed by atoms with van der Waals surface area (Å²) >= 11 is 0. The molecule has 0 unspecified atom stereocenters. The van der Waals surface area contributed by atoms with E-state index in [1.807, 2.05) is 37.3 Å². The first-order chi connectivity index (χ1) is 14.0. The maximum Gasteiger partial charge on any atom is 0.270 e. The quantitative estimate of drug-likeness (QED) is 0.680. The van der Waals surface area contributed by atoms with Crippen LogP contribution < -0.4 is 15.2 Å². The summed E-state index contributed by atoms with van der Waals surface area (Å²) in [6.45, 7) is 5.59. The van der Waals surface area contributed by atoms with Gasteiger partial charge in [-0.15, -0.1) is 0 Å². The molecule has 29 heavy (non-hydrogen) atoms. The minimum atomic E-state index is -0.239. The molecule has 1 aliphatic rings. The third-order valence-corrected chi connectivity index (χ3v) is 5.78. The highest BCUT2D eigenvalue weighted by atomic mass is 16.5. The molecular weight excluding hydrogens is 362 g/mol. The Labute approximate surface area is 170 Å². The molecule has 2 aromatic carbocycles. The molecule has 3 aromatic rings. The van der Waals surface area contributed by atoms with Gasteiger partial charge >= 0.3 is 0 Å². The molecule has 5 heteroatoms. The van der Waals surface area contributed by atoms with Crippen molar-refractivity contribution in [2.75, 3.05) is 18.0 Å². The number of nitrogens with zero attached hydrogens (tertiary/aromatic N) is 3. The lowest BCUT2D eigenvalue weighted by Crippen LogP contribution is -2.40. The Kier molecular flexibility index (Phi) is 5.02. The number of rotatable bonds is 3. The molecule has 0 N–H and O–H groups in total. The summed E-state index contributed by atoms with van der Waals surface area (Å²) < 4.78 is 7.79. The van der Waals surface area contributed by atoms with Crippen LogP contribution in [0, 0.1) is 25.2 Å². The molecule has 0 aliphatic carbocycles. The van der Waals surface area contributed by atoms with E-state index in [1.54, 1.807) is 11.6 Å². The summed E-state index contributed by atoms with van der Waals surface area (Å²) in [5.41, 5.74) is 3.85. The molecule has 0 amide bonds. The first-order valence-corrected chi connectivity index (χ1v) is 10.00. The highest BCUT2D eigenvalue weighted by Gasteiger charge is 2.26. The number of hydrogen-bond donors (Lipinski definition) is 0. The van der Waals surface area contributed by atoms with Gasteiger partial charge in [0.1, 0.15) is 23.5 Å². The van der Waals surface area contributed by atoms with E-state index in [-0.39, 0.29) is 17.2 Å². The van der Waals surface area contributed by atoms with E-state index < -0.39 is 0 Å². The molecule has 1 fully saturated rings. The van der Waals surface area contributed by atoms with Crippen molar-refractivity contribution in [3.05, 3.63) is 69.5 Å². The van der Waals surface area contributed by atoms with Crippen molar-refractivity contribution >= 4 is 16.6 Å². The SMILES string of the molecule is Cc1ccc2c(c1)c(N1CCC(Oc3ccccc3C)CC1)c(C#N)c(=O)n2C. The normalized spacial score (nSPS) is 14.8. The van der Waals surface area contributed by atoms with Gasteiger partial charge in [-0.25, -0.2) is 0 Å². The smallest absolute Gasteiger partial charge is 0.270 e. The molecule has 0 spiro atoms. The number of aryl methyl sites for hydroxylation is 3. The zero-order chi connectivity index (χ0) is 20.5. The van der Waals surface area contributed by atoms with Crippen molar-refractivity contribution in [1.29, 1.82) is 5.26 Å². The molecule has 1 aliphatic heterocycles. The standard InChI is InChI=1S/C24H25N3O2/c1-16-8-9-21-19(14-16)23(20(15-25)24(28)26(21)3)27-12-10-18(11-13-27)29-22-7-5-4-6-17(22)2/h4-9,14,18H,10-13H2,1-3H3. The Morgan fingerprint density at radius 1 is 1.10 bits per heavy atom. The van der Waals surface area contributed by atoms with E-state index >= 15 is 0 Å². The van der Waals surface area contributed by atoms with Crippen LogP contribution in [0.25, 0.3) is 10.9 Å². The van der Waals surface area contributed by atoms with Gasteiger partial charge in [0.25, 0.3) is 5.56 Å². The van der Waals surface area contributed by atoms with Gasteiger partial charge < -0.3 is 14.2 Å². The first kappa shape index (κ1) is 19.1. The van der Waals surface area contributed by atoms with Crippen LogP contribution in [0.15, 0.2) is 47.3 Å². The highest BCUT2D eigenvalue weighted by molar-refractivity contribution is 5.95. The number of pyridine rings is 1. The van der Waals surface area contributed by atoms with Gasteiger partial charge in [0.2, 0.25) is 0 Å². The molecular formula is C24H25N3O2. The average molecular weight is 387 g/mol. The van der Waals surface area contributed by atoms with Crippen molar-refractivity contribution < 1.29 is 4.74 Å². The molecule has 0 radical (unpaired) electrons. The Balaban J connectivity index is 1.66. The summed E-state index contributed by atoms with van der Waals surface area (Å²) in [6.07, 6.45) is 1.83. The van der Waals surface area contributed by atoms with E-state index in [9.17, 15) is 10.1 Å². The van der Waals surface area contributed by atoms with Crippen molar-refractivity contribution in [3.63, 3.8) is 0 Å². The predicted molar refractivity (Wildman–Crippen MR) is 116 cm³/mol. The zero-order valence-electron chi connectivity index (χ0n) is 17.1. The maximum atomic E-state index is 12.8. The number of nitriles is 1. The summed E-state index contributed by atoms with van der Waals surface area (Å²) in [5, 5.41) is 10.7. The lowest BCUT2D eigenvalue weighted by Gasteiger charge is -2.35. The van der Waals surface area contributed by atoms with Crippen molar-refractivity contribution in [1.82, 2.24) is 4.57 Å². The fraction of sp³-hybridized carbons (Fsp3) is 0.333. The number of para-hydroxylation sites is 1. The number of benzene rings is 2. The van der Waals surface area contributed by atoms with E-state index in [0.717, 1.165) is 59.4 Å². The van der Waals surface area contributed by atoms with E-state index in [2.05, 4.69) is 30.0 Å². The van der Waals surface area contributed by atoms with Crippen LogP contribution in [0.3, 0.4) is 0 Å². The number of aromatic nitrogens is 1. The van der Waals surface area contributed by atoms with Crippen molar-refractivity contribution in [2.45, 2.75) is 32.8 Å². The van der Waals surface area contributed by atoms with Crippen LogP contribution in [0.5, 0.6) is 5.75 Å². The Morgan fingerprint density at radius 3 is 2.52 bits per heavy atom. The lowest BCUT2D eigenvalue weighted by atomic mass is 10.0. The van der Waals surface area contributed by atoms with Gasteiger partial charge in [-0.2, -0.15) is 5.26 Å². The van der Waals surface area contributed by atoms with E-state index in [4.69, 9.17) is 4.74 Å². The van der Waals surface area contributed by atoms with E-state index in [0.29, 0.717) is 0 Å². The summed E-state index contributed by atoms with van der Waals surface area (Å²) in [5.74, 6) is 0.929. The van der Waals surface area contributed by atoms with Crippen LogP contribution in [0.1, 0.15) is 29.5 Å². The minimum absolute atomic E-state index is 0.137. The van der Waals surface area contributed by atoms with Gasteiger partial charge in [-0.05, 0) is 37.6 Å². The predicted octanol–water partition coefficient (Wildman–Crippen LogP) is 4.07. The minimum Gasteiger partial charge on any atom is -0.490 e. The van der Waals surface area contributed by atoms with Crippen molar-refractivity contribution in [2.24, 2.45) is 7.05 Å². The Morgan fingerprint density at radius 2 is 1.83 bits per heavy atom. The second-order valence-corrected chi connectivity index (χ2v) is 7.79. The van der Waals surface area contributed by atoms with Gasteiger partial charge in [0.15, 0.2) is 0 Å². The molecule has 0 saturated carbocycles. The monoisotopic (exact) mass is 387 g/mol. The van der Waals surface area contributed by atoms with Crippen LogP contribution in [0.2, 0.25) is 0 Å². The third-order valence-electron chi connectivity index (χ3n) is 5.78. The fourth-order valence-electron chi connectivity index (χ4n) is 4.14. The Bertz CT molecular complexity index is 1170. The van der Waals surface area contributed by atoms with Crippen molar-refractivity contribution in [3.8, 4) is 11.8 Å². The summed E-state index contributed by atoms with van der Waals surface area (Å²) in [4.78, 5) is 15.0. The van der Waals surface area contributed by atoms with Crippen LogP contribution in [-0.2, 0) is 7.05 Å². The second kappa shape index (κ2) is 7.63. The summed E-state index contributed by atoms with van der Waals surface area (Å²) in [7, 11) is 1.73. The summed E-state index contributed by atoms with van der Waals surface area (Å²) in [6, 6.07) is 16.3. The van der Waals surface area contributed by atoms with Gasteiger partial charge in [0, 0.05) is 38.4 Å². The van der Waals surface area contributed by atoms with Crippen LogP contribution >= 0.6 is 0 Å². The molecule has 1 saturated heterocycles. The number of fused-ring (bicyclic) bond motifs is 1. The molecule has 5 nitrogen and oxygen atoms in total. The number of piperidine rings is 1. The van der Waals surface area contributed by atoms with Gasteiger partial charge in [-0.3, -0.25) is 4.79 Å². The zero-order valence-corrected chi connectivity index (χ0v) is 17.1. The van der Waals surface area contributed by atoms with Gasteiger partial charge in [-0.1, -0.05) is 29.8 Å². The second-order valence-electron chi connectivity index (χ2n) is 7.79. The molecule has 1 aromatic heterocycles. The Hall–Kier alpha value is -3.26. The number of anilines is 1. The third kappa shape index (κ3) is 3.47. The molecule has 0 atom stereocenters. The largest absolute Gasteiger partial charge is 0.490 e. The highest BCUT2D eigenvalue weighted by Crippen LogP contribution is 2.32. The molecule has 148 valence electrons.